The van der Waals surface area contributed by atoms with Crippen molar-refractivity contribution in [3.05, 3.63) is 35.4 Å². The van der Waals surface area contributed by atoms with E-state index in [1.165, 1.54) is 18.4 Å². The van der Waals surface area contributed by atoms with Crippen LogP contribution in [0.1, 0.15) is 29.8 Å². The standard InChI is InChI=1S/C13H19N5/c1-10-11(7-14-12-3-4-12)8-18(15-10)9-13-5-6-17(2)16-13/h5-6,8,12,14H,3-4,7,9H2,1-2H3. The van der Waals surface area contributed by atoms with Gasteiger partial charge in [-0.25, -0.2) is 0 Å². The minimum absolute atomic E-state index is 0.739. The Morgan fingerprint density at radius 3 is 2.89 bits per heavy atom. The molecule has 0 atom stereocenters. The zero-order valence-electron chi connectivity index (χ0n) is 10.9. The van der Waals surface area contributed by atoms with Gasteiger partial charge in [0, 0.05) is 37.6 Å². The van der Waals surface area contributed by atoms with Crippen LogP contribution in [0.2, 0.25) is 0 Å². The molecule has 1 N–H and O–H groups in total. The minimum Gasteiger partial charge on any atom is -0.310 e. The van der Waals surface area contributed by atoms with Crippen LogP contribution < -0.4 is 5.32 Å². The molecule has 0 radical (unpaired) electrons. The highest BCUT2D eigenvalue weighted by Gasteiger charge is 2.20. The topological polar surface area (TPSA) is 47.7 Å². The molecule has 1 aliphatic carbocycles. The SMILES string of the molecule is Cc1nn(Cc2ccn(C)n2)cc1CNC1CC1. The Labute approximate surface area is 107 Å². The maximum Gasteiger partial charge on any atom is 0.0850 e. The van der Waals surface area contributed by atoms with Crippen LogP contribution in [0.3, 0.4) is 0 Å². The summed E-state index contributed by atoms with van der Waals surface area (Å²) in [5.41, 5.74) is 3.44. The predicted octanol–water partition coefficient (Wildman–Crippen LogP) is 1.23. The Hall–Kier alpha value is -1.62. The van der Waals surface area contributed by atoms with Crippen molar-refractivity contribution in [3.63, 3.8) is 0 Å². The number of aromatic nitrogens is 4. The van der Waals surface area contributed by atoms with Crippen LogP contribution in [0.25, 0.3) is 0 Å². The molecule has 1 fully saturated rings. The van der Waals surface area contributed by atoms with Crippen LogP contribution in [-0.4, -0.2) is 25.6 Å². The van der Waals surface area contributed by atoms with Crippen molar-refractivity contribution >= 4 is 0 Å². The molecule has 0 amide bonds. The van der Waals surface area contributed by atoms with Crippen molar-refractivity contribution in [1.82, 2.24) is 24.9 Å². The number of rotatable bonds is 5. The van der Waals surface area contributed by atoms with Gasteiger partial charge in [-0.15, -0.1) is 0 Å². The third kappa shape index (κ3) is 2.61. The van der Waals surface area contributed by atoms with Gasteiger partial charge in [0.25, 0.3) is 0 Å². The molecular weight excluding hydrogens is 226 g/mol. The number of nitrogens with one attached hydrogen (secondary N) is 1. The second-order valence-corrected chi connectivity index (χ2v) is 5.07. The van der Waals surface area contributed by atoms with Gasteiger partial charge in [0.05, 0.1) is 17.9 Å². The number of nitrogens with zero attached hydrogens (tertiary/aromatic N) is 4. The van der Waals surface area contributed by atoms with Gasteiger partial charge < -0.3 is 5.32 Å². The van der Waals surface area contributed by atoms with E-state index < -0.39 is 0 Å². The molecule has 5 nitrogen and oxygen atoms in total. The highest BCUT2D eigenvalue weighted by Crippen LogP contribution is 2.19. The summed E-state index contributed by atoms with van der Waals surface area (Å²) < 4.78 is 3.79. The Morgan fingerprint density at radius 2 is 2.22 bits per heavy atom. The Kier molecular flexibility index (Phi) is 2.91. The number of aryl methyl sites for hydroxylation is 2. The highest BCUT2D eigenvalue weighted by molar-refractivity contribution is 5.16. The van der Waals surface area contributed by atoms with Crippen molar-refractivity contribution in [2.45, 2.75) is 38.9 Å². The van der Waals surface area contributed by atoms with E-state index >= 15 is 0 Å². The highest BCUT2D eigenvalue weighted by atomic mass is 15.3. The first-order chi connectivity index (χ1) is 8.70. The Bertz CT molecular complexity index is 535. The van der Waals surface area contributed by atoms with Crippen LogP contribution in [0.5, 0.6) is 0 Å². The van der Waals surface area contributed by atoms with E-state index in [-0.39, 0.29) is 0 Å². The van der Waals surface area contributed by atoms with Crippen molar-refractivity contribution in [3.8, 4) is 0 Å². The molecular formula is C13H19N5. The zero-order chi connectivity index (χ0) is 12.5. The predicted molar refractivity (Wildman–Crippen MR) is 69.1 cm³/mol. The number of hydrogen-bond acceptors (Lipinski definition) is 3. The molecule has 1 aliphatic rings. The van der Waals surface area contributed by atoms with Gasteiger partial charge in [-0.05, 0) is 25.8 Å². The normalized spacial score (nSPS) is 15.2. The summed E-state index contributed by atoms with van der Waals surface area (Å²) in [6.07, 6.45) is 6.73. The summed E-state index contributed by atoms with van der Waals surface area (Å²) in [5, 5.41) is 12.4. The summed E-state index contributed by atoms with van der Waals surface area (Å²) in [6.45, 7) is 3.74. The molecule has 0 bridgehead atoms. The summed E-state index contributed by atoms with van der Waals surface area (Å²) in [7, 11) is 1.93. The lowest BCUT2D eigenvalue weighted by Gasteiger charge is -1.99. The van der Waals surface area contributed by atoms with E-state index in [0.717, 1.165) is 30.5 Å². The molecule has 0 spiro atoms. The maximum absolute atomic E-state index is 4.54. The first-order valence-electron chi connectivity index (χ1n) is 6.45. The summed E-state index contributed by atoms with van der Waals surface area (Å²) >= 11 is 0. The van der Waals surface area contributed by atoms with Crippen LogP contribution in [0, 0.1) is 6.92 Å². The minimum atomic E-state index is 0.739. The fourth-order valence-corrected chi connectivity index (χ4v) is 2.07. The van der Waals surface area contributed by atoms with E-state index in [1.54, 1.807) is 0 Å². The van der Waals surface area contributed by atoms with Crippen LogP contribution in [0.15, 0.2) is 18.5 Å². The molecule has 2 aromatic rings. The summed E-state index contributed by atoms with van der Waals surface area (Å²) in [5.74, 6) is 0. The second kappa shape index (κ2) is 4.57. The second-order valence-electron chi connectivity index (χ2n) is 5.07. The Balaban J connectivity index is 1.66. The van der Waals surface area contributed by atoms with Gasteiger partial charge in [-0.2, -0.15) is 10.2 Å². The van der Waals surface area contributed by atoms with Gasteiger partial charge in [0.2, 0.25) is 0 Å². The average Bonchev–Trinajstić information content (AvgIpc) is 2.98. The van der Waals surface area contributed by atoms with Gasteiger partial charge >= 0.3 is 0 Å². The third-order valence-corrected chi connectivity index (χ3v) is 3.30. The van der Waals surface area contributed by atoms with Crippen LogP contribution in [0.4, 0.5) is 0 Å². The third-order valence-electron chi connectivity index (χ3n) is 3.30. The maximum atomic E-state index is 4.54. The van der Waals surface area contributed by atoms with Gasteiger partial charge in [-0.3, -0.25) is 9.36 Å². The summed E-state index contributed by atoms with van der Waals surface area (Å²) in [4.78, 5) is 0. The molecule has 3 rings (SSSR count). The first-order valence-corrected chi connectivity index (χ1v) is 6.45. The van der Waals surface area contributed by atoms with Gasteiger partial charge in [0.1, 0.15) is 0 Å². The Morgan fingerprint density at radius 1 is 1.39 bits per heavy atom. The quantitative estimate of drug-likeness (QED) is 0.861. The molecule has 96 valence electrons. The fourth-order valence-electron chi connectivity index (χ4n) is 2.07. The molecule has 5 heteroatoms. The van der Waals surface area contributed by atoms with Crippen LogP contribution >= 0.6 is 0 Å². The molecule has 2 aromatic heterocycles. The van der Waals surface area contributed by atoms with Gasteiger partial charge in [0.15, 0.2) is 0 Å². The van der Waals surface area contributed by atoms with E-state index in [1.807, 2.05) is 28.7 Å². The average molecular weight is 245 g/mol. The smallest absolute Gasteiger partial charge is 0.0850 e. The van der Waals surface area contributed by atoms with Crippen molar-refractivity contribution in [2.24, 2.45) is 7.05 Å². The van der Waals surface area contributed by atoms with E-state index in [9.17, 15) is 0 Å². The molecule has 0 saturated heterocycles. The molecule has 2 heterocycles. The zero-order valence-corrected chi connectivity index (χ0v) is 10.9. The van der Waals surface area contributed by atoms with Crippen molar-refractivity contribution in [2.75, 3.05) is 0 Å². The monoisotopic (exact) mass is 245 g/mol. The van der Waals surface area contributed by atoms with Gasteiger partial charge in [-0.1, -0.05) is 0 Å². The molecule has 18 heavy (non-hydrogen) atoms. The first kappa shape index (κ1) is 11.5. The van der Waals surface area contributed by atoms with Crippen LogP contribution in [-0.2, 0) is 20.1 Å². The van der Waals surface area contributed by atoms with E-state index in [0.29, 0.717) is 0 Å². The summed E-state index contributed by atoms with van der Waals surface area (Å²) in [6, 6.07) is 2.77. The van der Waals surface area contributed by atoms with E-state index in [4.69, 9.17) is 0 Å². The molecule has 1 saturated carbocycles. The molecule has 0 unspecified atom stereocenters. The lowest BCUT2D eigenvalue weighted by atomic mass is 10.2. The van der Waals surface area contributed by atoms with E-state index in [2.05, 4.69) is 28.6 Å². The lowest BCUT2D eigenvalue weighted by Crippen LogP contribution is -2.15. The van der Waals surface area contributed by atoms with Crippen molar-refractivity contribution < 1.29 is 0 Å². The molecule has 0 aromatic carbocycles. The number of hydrogen-bond donors (Lipinski definition) is 1. The van der Waals surface area contributed by atoms with Crippen molar-refractivity contribution in [1.29, 1.82) is 0 Å². The largest absolute Gasteiger partial charge is 0.310 e. The molecule has 0 aliphatic heterocycles. The lowest BCUT2D eigenvalue weighted by molar-refractivity contribution is 0.644. The fraction of sp³-hybridized carbons (Fsp3) is 0.538.